The highest BCUT2D eigenvalue weighted by Gasteiger charge is 2.40. The zero-order valence-electron chi connectivity index (χ0n) is 16.9. The largest absolute Gasteiger partial charge is 0.480 e. The van der Waals surface area contributed by atoms with Crippen molar-refractivity contribution in [2.45, 2.75) is 16.2 Å². The van der Waals surface area contributed by atoms with Crippen LogP contribution in [0.25, 0.3) is 0 Å². The standard InChI is InChI=1S/C23H24N2O5S/c26-20-16-8-4-5-9-18(16)31-21(15-6-2-1-3-7-15)17(20)14-24-10-12-25(13-11-24)19(22(27)28)23(29)30/h1-9,17,19,21H,10-14H2,(H,27,28)(H,29,30). The van der Waals surface area contributed by atoms with Crippen LogP contribution in [0.1, 0.15) is 21.2 Å². The van der Waals surface area contributed by atoms with Gasteiger partial charge in [-0.3, -0.25) is 9.69 Å². The predicted octanol–water partition coefficient (Wildman–Crippen LogP) is 2.49. The summed E-state index contributed by atoms with van der Waals surface area (Å²) in [5.41, 5.74) is 1.86. The molecule has 2 aromatic rings. The lowest BCUT2D eigenvalue weighted by atomic mass is 9.89. The van der Waals surface area contributed by atoms with Crippen LogP contribution in [0.2, 0.25) is 0 Å². The van der Waals surface area contributed by atoms with E-state index in [1.807, 2.05) is 54.6 Å². The fourth-order valence-corrected chi connectivity index (χ4v) is 5.74. The third-order valence-electron chi connectivity index (χ3n) is 5.93. The van der Waals surface area contributed by atoms with E-state index in [1.54, 1.807) is 11.8 Å². The van der Waals surface area contributed by atoms with Gasteiger partial charge in [0, 0.05) is 48.4 Å². The number of carbonyl (C=O) groups excluding carboxylic acids is 1. The number of carbonyl (C=O) groups is 3. The van der Waals surface area contributed by atoms with Crippen molar-refractivity contribution in [3.63, 3.8) is 0 Å². The first-order valence-corrected chi connectivity index (χ1v) is 11.1. The fraction of sp³-hybridized carbons (Fsp3) is 0.348. The van der Waals surface area contributed by atoms with Gasteiger partial charge in [-0.05, 0) is 11.6 Å². The van der Waals surface area contributed by atoms with Crippen LogP contribution >= 0.6 is 11.8 Å². The number of rotatable bonds is 6. The topological polar surface area (TPSA) is 98.2 Å². The van der Waals surface area contributed by atoms with E-state index in [0.29, 0.717) is 32.7 Å². The van der Waals surface area contributed by atoms with Gasteiger partial charge in [0.05, 0.1) is 5.92 Å². The maximum absolute atomic E-state index is 13.4. The first-order chi connectivity index (χ1) is 15.0. The zero-order valence-corrected chi connectivity index (χ0v) is 17.7. The molecule has 7 nitrogen and oxygen atoms in total. The van der Waals surface area contributed by atoms with Crippen LogP contribution in [0.4, 0.5) is 0 Å². The third kappa shape index (κ3) is 4.51. The van der Waals surface area contributed by atoms with Crippen LogP contribution in [0.3, 0.4) is 0 Å². The van der Waals surface area contributed by atoms with Crippen LogP contribution in [0, 0.1) is 5.92 Å². The van der Waals surface area contributed by atoms with E-state index < -0.39 is 18.0 Å². The summed E-state index contributed by atoms with van der Waals surface area (Å²) in [6.45, 7) is 2.27. The van der Waals surface area contributed by atoms with Gasteiger partial charge in [0.25, 0.3) is 0 Å². The normalized spacial score (nSPS) is 22.3. The van der Waals surface area contributed by atoms with E-state index in [2.05, 4.69) is 4.90 Å². The number of thioether (sulfide) groups is 1. The lowest BCUT2D eigenvalue weighted by Gasteiger charge is -2.40. The molecule has 1 saturated heterocycles. The number of carboxylic acids is 2. The van der Waals surface area contributed by atoms with Gasteiger partial charge in [-0.2, -0.15) is 0 Å². The second-order valence-electron chi connectivity index (χ2n) is 7.83. The second kappa shape index (κ2) is 9.21. The number of carboxylic acid groups (broad SMARTS) is 2. The Morgan fingerprint density at radius 2 is 1.55 bits per heavy atom. The van der Waals surface area contributed by atoms with Crippen molar-refractivity contribution in [1.82, 2.24) is 9.80 Å². The SMILES string of the molecule is O=C1c2ccccc2SC(c2ccccc2)C1CN1CCN(C(C(=O)O)C(=O)O)CC1. The van der Waals surface area contributed by atoms with E-state index in [4.69, 9.17) is 0 Å². The lowest BCUT2D eigenvalue weighted by molar-refractivity contribution is -0.157. The van der Waals surface area contributed by atoms with Crippen LogP contribution in [0.5, 0.6) is 0 Å². The molecule has 0 bridgehead atoms. The maximum Gasteiger partial charge on any atom is 0.332 e. The molecule has 2 heterocycles. The number of fused-ring (bicyclic) bond motifs is 1. The Balaban J connectivity index is 1.52. The molecular weight excluding hydrogens is 416 g/mol. The molecule has 2 N–H and O–H groups in total. The first kappa shape index (κ1) is 21.5. The minimum atomic E-state index is -1.53. The smallest absolute Gasteiger partial charge is 0.332 e. The van der Waals surface area contributed by atoms with Crippen molar-refractivity contribution < 1.29 is 24.6 Å². The fourth-order valence-electron chi connectivity index (χ4n) is 4.35. The average Bonchev–Trinajstić information content (AvgIpc) is 2.77. The molecule has 0 amide bonds. The van der Waals surface area contributed by atoms with E-state index in [1.165, 1.54) is 4.90 Å². The Morgan fingerprint density at radius 3 is 2.19 bits per heavy atom. The molecule has 0 aliphatic carbocycles. The van der Waals surface area contributed by atoms with Crippen molar-refractivity contribution in [2.75, 3.05) is 32.7 Å². The summed E-state index contributed by atoms with van der Waals surface area (Å²) in [5.74, 6) is -2.80. The summed E-state index contributed by atoms with van der Waals surface area (Å²) in [6.07, 6.45) is 0. The van der Waals surface area contributed by atoms with E-state index in [0.717, 1.165) is 16.0 Å². The minimum absolute atomic E-state index is 0.00702. The number of piperazine rings is 1. The number of ketones is 1. The Hall–Kier alpha value is -2.68. The molecule has 162 valence electrons. The van der Waals surface area contributed by atoms with Crippen LogP contribution in [0.15, 0.2) is 59.5 Å². The third-order valence-corrected chi connectivity index (χ3v) is 7.40. The van der Waals surface area contributed by atoms with E-state index in [-0.39, 0.29) is 17.0 Å². The molecule has 0 saturated carbocycles. The Kier molecular flexibility index (Phi) is 6.41. The van der Waals surface area contributed by atoms with Crippen LogP contribution < -0.4 is 0 Å². The summed E-state index contributed by atoms with van der Waals surface area (Å²) in [4.78, 5) is 40.7. The van der Waals surface area contributed by atoms with Crippen molar-refractivity contribution in [3.8, 4) is 0 Å². The van der Waals surface area contributed by atoms with Crippen molar-refractivity contribution >= 4 is 29.5 Å². The van der Waals surface area contributed by atoms with Crippen molar-refractivity contribution in [1.29, 1.82) is 0 Å². The van der Waals surface area contributed by atoms with Crippen molar-refractivity contribution in [2.24, 2.45) is 5.92 Å². The predicted molar refractivity (Wildman–Crippen MR) is 116 cm³/mol. The van der Waals surface area contributed by atoms with Crippen LogP contribution in [-0.2, 0) is 9.59 Å². The van der Waals surface area contributed by atoms with Crippen LogP contribution in [-0.4, -0.2) is 76.5 Å². The van der Waals surface area contributed by atoms with Gasteiger partial charge in [-0.1, -0.05) is 48.5 Å². The van der Waals surface area contributed by atoms with Gasteiger partial charge in [0.1, 0.15) is 0 Å². The summed E-state index contributed by atoms with van der Waals surface area (Å²) < 4.78 is 0. The van der Waals surface area contributed by atoms with Gasteiger partial charge in [-0.25, -0.2) is 9.59 Å². The number of aliphatic carboxylic acids is 2. The highest BCUT2D eigenvalue weighted by atomic mass is 32.2. The number of benzene rings is 2. The highest BCUT2D eigenvalue weighted by molar-refractivity contribution is 7.99. The van der Waals surface area contributed by atoms with E-state index >= 15 is 0 Å². The maximum atomic E-state index is 13.4. The molecule has 2 atom stereocenters. The quantitative estimate of drug-likeness (QED) is 0.661. The molecule has 8 heteroatoms. The average molecular weight is 441 g/mol. The molecule has 2 aromatic carbocycles. The Labute approximate surface area is 184 Å². The first-order valence-electron chi connectivity index (χ1n) is 10.2. The molecule has 2 aliphatic rings. The number of nitrogens with zero attached hydrogens (tertiary/aromatic N) is 2. The second-order valence-corrected chi connectivity index (χ2v) is 9.02. The van der Waals surface area contributed by atoms with E-state index in [9.17, 15) is 24.6 Å². The molecule has 31 heavy (non-hydrogen) atoms. The van der Waals surface area contributed by atoms with Gasteiger partial charge in [-0.15, -0.1) is 11.8 Å². The van der Waals surface area contributed by atoms with Crippen molar-refractivity contribution in [3.05, 3.63) is 65.7 Å². The molecule has 0 spiro atoms. The highest BCUT2D eigenvalue weighted by Crippen LogP contribution is 2.48. The molecule has 2 aliphatic heterocycles. The molecule has 0 radical (unpaired) electrons. The number of Topliss-reactive ketones (excluding diaryl/α,β-unsaturated/α-hetero) is 1. The molecule has 0 aromatic heterocycles. The molecule has 1 fully saturated rings. The molecule has 4 rings (SSSR count). The monoisotopic (exact) mass is 440 g/mol. The number of hydrogen-bond donors (Lipinski definition) is 2. The van der Waals surface area contributed by atoms with Gasteiger partial charge < -0.3 is 15.1 Å². The zero-order chi connectivity index (χ0) is 22.0. The summed E-state index contributed by atoms with van der Waals surface area (Å²) >= 11 is 1.71. The van der Waals surface area contributed by atoms with Gasteiger partial charge in [0.2, 0.25) is 6.04 Å². The lowest BCUT2D eigenvalue weighted by Crippen LogP contribution is -2.56. The Morgan fingerprint density at radius 1 is 0.935 bits per heavy atom. The number of hydrogen-bond acceptors (Lipinski definition) is 6. The summed E-state index contributed by atoms with van der Waals surface area (Å²) in [6, 6.07) is 16.2. The Bertz CT molecular complexity index is 961. The molecular formula is C23H24N2O5S. The van der Waals surface area contributed by atoms with Gasteiger partial charge in [0.15, 0.2) is 5.78 Å². The van der Waals surface area contributed by atoms with Gasteiger partial charge >= 0.3 is 11.9 Å². The summed E-state index contributed by atoms with van der Waals surface area (Å²) in [7, 11) is 0. The minimum Gasteiger partial charge on any atom is -0.480 e. The summed E-state index contributed by atoms with van der Waals surface area (Å²) in [5, 5.41) is 18.4. The molecule has 2 unspecified atom stereocenters.